The van der Waals surface area contributed by atoms with Crippen LogP contribution in [-0.4, -0.2) is 34.9 Å². The monoisotopic (exact) mass is 540 g/mol. The number of hydrogen-bond donors (Lipinski definition) is 3. The molecule has 0 rings (SSSR count). The van der Waals surface area contributed by atoms with E-state index in [1.807, 2.05) is 0 Å². The number of aliphatic hydroxyl groups excluding tert-OH is 2. The smallest absolute Gasteiger partial charge is 0.220 e. The van der Waals surface area contributed by atoms with Gasteiger partial charge in [-0.05, 0) is 12.8 Å². The molecule has 0 aliphatic heterocycles. The summed E-state index contributed by atoms with van der Waals surface area (Å²) in [5.74, 6) is -0.0310. The molecular formula is C34H69NO3. The highest BCUT2D eigenvalue weighted by Crippen LogP contribution is 2.15. The normalized spacial score (nSPS) is 13.1. The first-order chi connectivity index (χ1) is 18.7. The molecule has 0 unspecified atom stereocenters. The number of amides is 1. The third kappa shape index (κ3) is 27.0. The molecule has 0 saturated carbocycles. The van der Waals surface area contributed by atoms with Crippen molar-refractivity contribution < 1.29 is 15.0 Å². The standard InChI is InChI=1S/C34H69NO3/c1-3-5-7-9-11-13-15-17-19-21-23-25-27-29-33(37)32(31-36)35-34(38)30-28-26-24-22-20-18-16-14-12-10-8-6-4-2/h32-33,36-37H,3-31H2,1-2H3,(H,35,38)/t32-,33+/m1/s1. The van der Waals surface area contributed by atoms with E-state index in [2.05, 4.69) is 19.2 Å². The number of aliphatic hydroxyl groups is 2. The minimum Gasteiger partial charge on any atom is -0.394 e. The maximum atomic E-state index is 12.3. The molecule has 1 amide bonds. The lowest BCUT2D eigenvalue weighted by Crippen LogP contribution is -2.45. The first kappa shape index (κ1) is 37.4. The first-order valence-electron chi connectivity index (χ1n) is 17.2. The number of nitrogens with one attached hydrogen (secondary N) is 1. The summed E-state index contributed by atoms with van der Waals surface area (Å²) in [6.45, 7) is 4.35. The van der Waals surface area contributed by atoms with Gasteiger partial charge in [0.2, 0.25) is 5.91 Å². The topological polar surface area (TPSA) is 69.6 Å². The summed E-state index contributed by atoms with van der Waals surface area (Å²) in [6, 6.07) is -0.526. The van der Waals surface area contributed by atoms with Crippen molar-refractivity contribution >= 4 is 5.91 Å². The van der Waals surface area contributed by atoms with Gasteiger partial charge < -0.3 is 15.5 Å². The van der Waals surface area contributed by atoms with E-state index in [-0.39, 0.29) is 12.5 Å². The molecule has 0 bridgehead atoms. The highest BCUT2D eigenvalue weighted by atomic mass is 16.3. The Morgan fingerprint density at radius 2 is 0.842 bits per heavy atom. The molecule has 0 aliphatic carbocycles. The van der Waals surface area contributed by atoms with Gasteiger partial charge in [-0.15, -0.1) is 0 Å². The van der Waals surface area contributed by atoms with Crippen molar-refractivity contribution in [2.45, 2.75) is 206 Å². The van der Waals surface area contributed by atoms with Crippen molar-refractivity contribution in [3.8, 4) is 0 Å². The third-order valence-electron chi connectivity index (χ3n) is 8.12. The van der Waals surface area contributed by atoms with Crippen molar-refractivity contribution in [3.63, 3.8) is 0 Å². The van der Waals surface area contributed by atoms with Crippen LogP contribution >= 0.6 is 0 Å². The maximum Gasteiger partial charge on any atom is 0.220 e. The zero-order chi connectivity index (χ0) is 27.9. The fraction of sp³-hybridized carbons (Fsp3) is 0.971. The number of carbonyl (C=O) groups excluding carboxylic acids is 1. The molecule has 3 N–H and O–H groups in total. The van der Waals surface area contributed by atoms with E-state index in [4.69, 9.17) is 0 Å². The minimum atomic E-state index is -0.650. The van der Waals surface area contributed by atoms with E-state index < -0.39 is 12.1 Å². The van der Waals surface area contributed by atoms with Crippen LogP contribution in [0.15, 0.2) is 0 Å². The SMILES string of the molecule is CCCCCCCCCCCCCCCC(=O)N[C@H](CO)[C@@H](O)CCCCCCCCCCCCCCC. The van der Waals surface area contributed by atoms with Gasteiger partial charge in [-0.25, -0.2) is 0 Å². The van der Waals surface area contributed by atoms with E-state index in [1.54, 1.807) is 0 Å². The maximum absolute atomic E-state index is 12.3. The summed E-state index contributed by atoms with van der Waals surface area (Å²) in [5, 5.41) is 23.0. The summed E-state index contributed by atoms with van der Waals surface area (Å²) < 4.78 is 0. The number of rotatable bonds is 31. The summed E-state index contributed by atoms with van der Waals surface area (Å²) in [5.41, 5.74) is 0. The van der Waals surface area contributed by atoms with Gasteiger partial charge in [-0.2, -0.15) is 0 Å². The lowest BCUT2D eigenvalue weighted by Gasteiger charge is -2.22. The van der Waals surface area contributed by atoms with Crippen molar-refractivity contribution in [3.05, 3.63) is 0 Å². The highest BCUT2D eigenvalue weighted by molar-refractivity contribution is 5.76. The predicted molar refractivity (Wildman–Crippen MR) is 166 cm³/mol. The Morgan fingerprint density at radius 1 is 0.526 bits per heavy atom. The van der Waals surface area contributed by atoms with Crippen LogP contribution in [0, 0.1) is 0 Å². The number of hydrogen-bond acceptors (Lipinski definition) is 3. The summed E-state index contributed by atoms with van der Waals surface area (Å²) >= 11 is 0. The van der Waals surface area contributed by atoms with E-state index >= 15 is 0 Å². The van der Waals surface area contributed by atoms with Crippen LogP contribution in [0.5, 0.6) is 0 Å². The van der Waals surface area contributed by atoms with Crippen LogP contribution in [0.1, 0.15) is 194 Å². The van der Waals surface area contributed by atoms with Gasteiger partial charge in [0, 0.05) is 6.42 Å². The molecule has 38 heavy (non-hydrogen) atoms. The van der Waals surface area contributed by atoms with E-state index in [0.29, 0.717) is 12.8 Å². The van der Waals surface area contributed by atoms with Gasteiger partial charge in [-0.3, -0.25) is 4.79 Å². The molecule has 0 heterocycles. The second-order valence-corrected chi connectivity index (χ2v) is 11.9. The van der Waals surface area contributed by atoms with Crippen LogP contribution in [0.25, 0.3) is 0 Å². The quantitative estimate of drug-likeness (QED) is 0.0768. The molecule has 0 aromatic carbocycles. The van der Waals surface area contributed by atoms with Gasteiger partial charge in [0.15, 0.2) is 0 Å². The van der Waals surface area contributed by atoms with Crippen LogP contribution in [0.4, 0.5) is 0 Å². The molecular weight excluding hydrogens is 470 g/mol. The minimum absolute atomic E-state index is 0.0310. The number of carbonyl (C=O) groups is 1. The third-order valence-corrected chi connectivity index (χ3v) is 8.12. The summed E-state index contributed by atoms with van der Waals surface area (Å²) in [7, 11) is 0. The molecule has 0 aromatic rings. The summed E-state index contributed by atoms with van der Waals surface area (Å²) in [6.07, 6.45) is 34.3. The van der Waals surface area contributed by atoms with Gasteiger partial charge in [0.25, 0.3) is 0 Å². The predicted octanol–water partition coefficient (Wildman–Crippen LogP) is 9.79. The highest BCUT2D eigenvalue weighted by Gasteiger charge is 2.19. The van der Waals surface area contributed by atoms with Gasteiger partial charge in [-0.1, -0.05) is 174 Å². The summed E-state index contributed by atoms with van der Waals surface area (Å²) in [4.78, 5) is 12.3. The van der Waals surface area contributed by atoms with Crippen molar-refractivity contribution in [1.82, 2.24) is 5.32 Å². The molecule has 228 valence electrons. The molecule has 0 saturated heterocycles. The fourth-order valence-corrected chi connectivity index (χ4v) is 5.42. The van der Waals surface area contributed by atoms with Gasteiger partial charge >= 0.3 is 0 Å². The van der Waals surface area contributed by atoms with Crippen LogP contribution in [0.2, 0.25) is 0 Å². The van der Waals surface area contributed by atoms with Crippen LogP contribution in [-0.2, 0) is 4.79 Å². The molecule has 0 aromatic heterocycles. The second kappa shape index (κ2) is 30.9. The molecule has 0 radical (unpaired) electrons. The molecule has 2 atom stereocenters. The largest absolute Gasteiger partial charge is 0.394 e. The molecule has 0 spiro atoms. The second-order valence-electron chi connectivity index (χ2n) is 11.9. The molecule has 0 aliphatic rings. The van der Waals surface area contributed by atoms with Crippen molar-refractivity contribution in [2.75, 3.05) is 6.61 Å². The number of unbranched alkanes of at least 4 members (excludes halogenated alkanes) is 24. The Kier molecular flexibility index (Phi) is 30.4. The average Bonchev–Trinajstić information content (AvgIpc) is 2.92. The lowest BCUT2D eigenvalue weighted by molar-refractivity contribution is -0.123. The lowest BCUT2D eigenvalue weighted by atomic mass is 10.0. The van der Waals surface area contributed by atoms with Crippen molar-refractivity contribution in [1.29, 1.82) is 0 Å². The van der Waals surface area contributed by atoms with E-state index in [9.17, 15) is 15.0 Å². The molecule has 0 fully saturated rings. The Hall–Kier alpha value is -0.610. The zero-order valence-electron chi connectivity index (χ0n) is 26.0. The Labute approximate surface area is 238 Å². The van der Waals surface area contributed by atoms with Crippen LogP contribution < -0.4 is 5.32 Å². The average molecular weight is 540 g/mol. The first-order valence-corrected chi connectivity index (χ1v) is 17.2. The van der Waals surface area contributed by atoms with E-state index in [1.165, 1.54) is 141 Å². The fourth-order valence-electron chi connectivity index (χ4n) is 5.42. The van der Waals surface area contributed by atoms with Gasteiger partial charge in [0.05, 0.1) is 18.8 Å². The molecule has 4 nitrogen and oxygen atoms in total. The van der Waals surface area contributed by atoms with Crippen molar-refractivity contribution in [2.24, 2.45) is 0 Å². The molecule has 4 heteroatoms. The zero-order valence-corrected chi connectivity index (χ0v) is 26.0. The van der Waals surface area contributed by atoms with E-state index in [0.717, 1.165) is 25.7 Å². The van der Waals surface area contributed by atoms with Crippen LogP contribution in [0.3, 0.4) is 0 Å². The Morgan fingerprint density at radius 3 is 1.18 bits per heavy atom. The Balaban J connectivity index is 3.55. The Bertz CT molecular complexity index is 471. The van der Waals surface area contributed by atoms with Gasteiger partial charge in [0.1, 0.15) is 0 Å².